The maximum atomic E-state index is 12.8. The number of carbonyl (C=O) groups is 1. The Morgan fingerprint density at radius 1 is 1.06 bits per heavy atom. The van der Waals surface area contributed by atoms with Crippen molar-refractivity contribution in [1.29, 1.82) is 0 Å². The Morgan fingerprint density at radius 3 is 2.55 bits per heavy atom. The maximum Gasteiger partial charge on any atom is 0.277 e. The molecule has 1 aromatic heterocycles. The first-order valence-electron chi connectivity index (χ1n) is 10.8. The summed E-state index contributed by atoms with van der Waals surface area (Å²) in [6.07, 6.45) is 1.77. The number of nitrogens with zero attached hydrogens (tertiary/aromatic N) is 3. The molecule has 1 amide bonds. The van der Waals surface area contributed by atoms with Gasteiger partial charge in [-0.1, -0.05) is 62.0 Å². The lowest BCUT2D eigenvalue weighted by Crippen LogP contribution is -2.30. The van der Waals surface area contributed by atoms with E-state index in [0.717, 1.165) is 24.6 Å². The third-order valence-electron chi connectivity index (χ3n) is 4.96. The number of amides is 1. The van der Waals surface area contributed by atoms with Crippen molar-refractivity contribution in [3.63, 3.8) is 0 Å². The third-order valence-corrected chi connectivity index (χ3v) is 7.83. The van der Waals surface area contributed by atoms with Crippen molar-refractivity contribution in [2.24, 2.45) is 0 Å². The second-order valence-electron chi connectivity index (χ2n) is 7.22. The Bertz CT molecular complexity index is 1150. The lowest BCUT2D eigenvalue weighted by atomic mass is 10.1. The standard InChI is InChI=1S/C23H28N4O4S2/c1-3-27(4-2)33(29,30)20-14-8-13-19(16-20)22-25-26-23(31-22)32-17-21(28)24-15-9-12-18-10-6-5-7-11-18/h5-8,10-11,13-14,16H,3-4,9,12,15,17H2,1-2H3,(H,24,28). The van der Waals surface area contributed by atoms with Crippen LogP contribution in [0.15, 0.2) is 69.1 Å². The van der Waals surface area contributed by atoms with Gasteiger partial charge in [-0.05, 0) is 36.6 Å². The molecule has 0 atom stereocenters. The Kier molecular flexibility index (Phi) is 9.04. The zero-order valence-corrected chi connectivity index (χ0v) is 20.4. The number of rotatable bonds is 12. The average molecular weight is 489 g/mol. The van der Waals surface area contributed by atoms with Crippen LogP contribution in [0.1, 0.15) is 25.8 Å². The quantitative estimate of drug-likeness (QED) is 0.307. The molecule has 0 unspecified atom stereocenters. The van der Waals surface area contributed by atoms with Gasteiger partial charge in [0.05, 0.1) is 10.6 Å². The number of sulfonamides is 1. The monoisotopic (exact) mass is 488 g/mol. The molecule has 1 heterocycles. The number of thioether (sulfide) groups is 1. The Labute approximate surface area is 198 Å². The predicted molar refractivity (Wildman–Crippen MR) is 128 cm³/mol. The van der Waals surface area contributed by atoms with Crippen LogP contribution in [0.25, 0.3) is 11.5 Å². The number of hydrogen-bond acceptors (Lipinski definition) is 7. The van der Waals surface area contributed by atoms with Crippen LogP contribution < -0.4 is 5.32 Å². The van der Waals surface area contributed by atoms with Crippen molar-refractivity contribution in [2.45, 2.75) is 36.8 Å². The number of hydrogen-bond donors (Lipinski definition) is 1. The third kappa shape index (κ3) is 6.89. The second-order valence-corrected chi connectivity index (χ2v) is 10.1. The summed E-state index contributed by atoms with van der Waals surface area (Å²) in [6, 6.07) is 16.6. The van der Waals surface area contributed by atoms with Gasteiger partial charge in [0.15, 0.2) is 0 Å². The van der Waals surface area contributed by atoms with Crippen molar-refractivity contribution in [3.05, 3.63) is 60.2 Å². The largest absolute Gasteiger partial charge is 0.411 e. The maximum absolute atomic E-state index is 12.8. The molecule has 0 saturated heterocycles. The molecule has 2 aromatic carbocycles. The highest BCUT2D eigenvalue weighted by atomic mass is 32.2. The molecule has 176 valence electrons. The van der Waals surface area contributed by atoms with Crippen LogP contribution in [0.2, 0.25) is 0 Å². The molecular weight excluding hydrogens is 460 g/mol. The van der Waals surface area contributed by atoms with Crippen LogP contribution in [-0.4, -0.2) is 54.2 Å². The first kappa shape index (κ1) is 24.9. The van der Waals surface area contributed by atoms with Crippen LogP contribution in [0.3, 0.4) is 0 Å². The van der Waals surface area contributed by atoms with E-state index < -0.39 is 10.0 Å². The van der Waals surface area contributed by atoms with Crippen molar-refractivity contribution in [1.82, 2.24) is 19.8 Å². The van der Waals surface area contributed by atoms with Gasteiger partial charge in [-0.2, -0.15) is 4.31 Å². The second kappa shape index (κ2) is 12.0. The Morgan fingerprint density at radius 2 is 1.82 bits per heavy atom. The highest BCUT2D eigenvalue weighted by molar-refractivity contribution is 7.99. The summed E-state index contributed by atoms with van der Waals surface area (Å²) in [5, 5.41) is 11.1. The van der Waals surface area contributed by atoms with Gasteiger partial charge in [-0.3, -0.25) is 4.79 Å². The molecule has 8 nitrogen and oxygen atoms in total. The summed E-state index contributed by atoms with van der Waals surface area (Å²) in [6.45, 7) is 4.96. The van der Waals surface area contributed by atoms with E-state index in [2.05, 4.69) is 27.6 Å². The van der Waals surface area contributed by atoms with Crippen LogP contribution in [0.5, 0.6) is 0 Å². The van der Waals surface area contributed by atoms with E-state index in [1.165, 1.54) is 15.9 Å². The van der Waals surface area contributed by atoms with Crippen LogP contribution in [0.4, 0.5) is 0 Å². The lowest BCUT2D eigenvalue weighted by Gasteiger charge is -2.18. The van der Waals surface area contributed by atoms with E-state index in [1.807, 2.05) is 18.2 Å². The van der Waals surface area contributed by atoms with E-state index in [-0.39, 0.29) is 27.7 Å². The normalized spacial score (nSPS) is 11.6. The van der Waals surface area contributed by atoms with Gasteiger partial charge >= 0.3 is 0 Å². The fourth-order valence-corrected chi connectivity index (χ4v) is 5.33. The minimum Gasteiger partial charge on any atom is -0.411 e. The summed E-state index contributed by atoms with van der Waals surface area (Å²) in [5.74, 6) is 0.251. The molecule has 3 rings (SSSR count). The molecule has 0 spiro atoms. The molecule has 0 radical (unpaired) electrons. The lowest BCUT2D eigenvalue weighted by molar-refractivity contribution is -0.118. The highest BCUT2D eigenvalue weighted by Gasteiger charge is 2.22. The van der Waals surface area contributed by atoms with Crippen molar-refractivity contribution in [2.75, 3.05) is 25.4 Å². The van der Waals surface area contributed by atoms with Gasteiger partial charge in [0.2, 0.25) is 21.8 Å². The Hall–Kier alpha value is -2.69. The number of benzene rings is 2. The van der Waals surface area contributed by atoms with E-state index in [9.17, 15) is 13.2 Å². The van der Waals surface area contributed by atoms with Gasteiger partial charge in [-0.25, -0.2) is 8.42 Å². The zero-order valence-electron chi connectivity index (χ0n) is 18.7. The number of aromatic nitrogens is 2. The van der Waals surface area contributed by atoms with Crippen LogP contribution in [0, 0.1) is 0 Å². The summed E-state index contributed by atoms with van der Waals surface area (Å²) in [5.41, 5.74) is 1.75. The number of aryl methyl sites for hydroxylation is 1. The highest BCUT2D eigenvalue weighted by Crippen LogP contribution is 2.26. The fraction of sp³-hybridized carbons (Fsp3) is 0.348. The van der Waals surface area contributed by atoms with E-state index in [1.54, 1.807) is 32.0 Å². The van der Waals surface area contributed by atoms with Gasteiger partial charge in [-0.15, -0.1) is 10.2 Å². The SMILES string of the molecule is CCN(CC)S(=O)(=O)c1cccc(-c2nnc(SCC(=O)NCCCc3ccccc3)o2)c1. The number of nitrogens with one attached hydrogen (secondary N) is 1. The molecule has 0 aliphatic rings. The first-order chi connectivity index (χ1) is 15.9. The summed E-state index contributed by atoms with van der Waals surface area (Å²) in [4.78, 5) is 12.3. The zero-order chi connectivity index (χ0) is 23.7. The fourth-order valence-electron chi connectivity index (χ4n) is 3.23. The Balaban J connectivity index is 1.52. The number of carbonyl (C=O) groups excluding carboxylic acids is 1. The van der Waals surface area contributed by atoms with Crippen LogP contribution >= 0.6 is 11.8 Å². The topological polar surface area (TPSA) is 105 Å². The molecule has 33 heavy (non-hydrogen) atoms. The molecule has 0 fully saturated rings. The molecule has 0 aliphatic carbocycles. The predicted octanol–water partition coefficient (Wildman–Crippen LogP) is 3.61. The van der Waals surface area contributed by atoms with E-state index >= 15 is 0 Å². The molecular formula is C23H28N4O4S2. The summed E-state index contributed by atoms with van der Waals surface area (Å²) in [7, 11) is -3.59. The van der Waals surface area contributed by atoms with E-state index in [4.69, 9.17) is 4.42 Å². The molecule has 0 aliphatic heterocycles. The average Bonchev–Trinajstić information content (AvgIpc) is 3.31. The molecule has 3 aromatic rings. The molecule has 0 saturated carbocycles. The summed E-state index contributed by atoms with van der Waals surface area (Å²) < 4.78 is 32.5. The van der Waals surface area contributed by atoms with Gasteiger partial charge in [0, 0.05) is 25.2 Å². The minimum absolute atomic E-state index is 0.111. The van der Waals surface area contributed by atoms with Crippen molar-refractivity contribution >= 4 is 27.7 Å². The van der Waals surface area contributed by atoms with Crippen molar-refractivity contribution < 1.29 is 17.6 Å². The van der Waals surface area contributed by atoms with E-state index in [0.29, 0.717) is 25.2 Å². The van der Waals surface area contributed by atoms with Gasteiger partial charge in [0.1, 0.15) is 0 Å². The van der Waals surface area contributed by atoms with Gasteiger partial charge < -0.3 is 9.73 Å². The molecule has 0 bridgehead atoms. The molecule has 10 heteroatoms. The van der Waals surface area contributed by atoms with Crippen LogP contribution in [-0.2, 0) is 21.2 Å². The summed E-state index contributed by atoms with van der Waals surface area (Å²) >= 11 is 1.14. The molecule has 1 N–H and O–H groups in total. The first-order valence-corrected chi connectivity index (χ1v) is 13.2. The minimum atomic E-state index is -3.59. The smallest absolute Gasteiger partial charge is 0.277 e. The van der Waals surface area contributed by atoms with Gasteiger partial charge in [0.25, 0.3) is 5.22 Å². The van der Waals surface area contributed by atoms with Crippen molar-refractivity contribution in [3.8, 4) is 11.5 Å².